The van der Waals surface area contributed by atoms with Gasteiger partial charge >= 0.3 is 0 Å². The average molecular weight is 235 g/mol. The van der Waals surface area contributed by atoms with Crippen LogP contribution in [-0.2, 0) is 16.6 Å². The van der Waals surface area contributed by atoms with Crippen molar-refractivity contribution >= 4 is 5.97 Å². The first-order chi connectivity index (χ1) is 7.90. The first-order valence-electron chi connectivity index (χ1n) is 5.78. The van der Waals surface area contributed by atoms with E-state index in [-0.39, 0.29) is 11.8 Å². The van der Waals surface area contributed by atoms with E-state index in [4.69, 9.17) is 4.74 Å². The van der Waals surface area contributed by atoms with Gasteiger partial charge in [0.25, 0.3) is 0 Å². The number of benzene rings is 1. The monoisotopic (exact) mass is 235 g/mol. The Morgan fingerprint density at radius 1 is 1.41 bits per heavy atom. The fourth-order valence-corrected chi connectivity index (χ4v) is 1.75. The molecular weight excluding hydrogens is 216 g/mol. The molecule has 0 aliphatic rings. The Kier molecular flexibility index (Phi) is 4.16. The molecule has 0 amide bonds. The maximum atomic E-state index is 10.6. The molecule has 0 bridgehead atoms. The van der Waals surface area contributed by atoms with E-state index in [0.717, 1.165) is 23.3 Å². The molecule has 0 unspecified atom stereocenters. The van der Waals surface area contributed by atoms with E-state index < -0.39 is 5.97 Å². The molecule has 0 aliphatic heterocycles. The van der Waals surface area contributed by atoms with Gasteiger partial charge in [-0.3, -0.25) is 0 Å². The molecule has 94 valence electrons. The zero-order chi connectivity index (χ0) is 13.1. The Morgan fingerprint density at radius 3 is 2.53 bits per heavy atom. The summed E-state index contributed by atoms with van der Waals surface area (Å²) in [6, 6.07) is 5.49. The minimum absolute atomic E-state index is 0.0344. The fraction of sp³-hybridized carbons (Fsp3) is 0.500. The highest BCUT2D eigenvalue weighted by Crippen LogP contribution is 2.34. The summed E-state index contributed by atoms with van der Waals surface area (Å²) < 4.78 is 5.33. The topological polar surface area (TPSA) is 49.4 Å². The van der Waals surface area contributed by atoms with Crippen molar-refractivity contribution in [2.75, 3.05) is 7.11 Å². The zero-order valence-corrected chi connectivity index (χ0v) is 10.9. The van der Waals surface area contributed by atoms with Gasteiger partial charge in [0.15, 0.2) is 0 Å². The molecule has 1 aromatic rings. The van der Waals surface area contributed by atoms with Crippen LogP contribution in [0.5, 0.6) is 5.75 Å². The van der Waals surface area contributed by atoms with Crippen LogP contribution in [-0.4, -0.2) is 13.1 Å². The Bertz CT molecular complexity index is 408. The number of rotatable bonds is 5. The van der Waals surface area contributed by atoms with Gasteiger partial charge in [-0.2, -0.15) is 0 Å². The lowest BCUT2D eigenvalue weighted by molar-refractivity contribution is -0.304. The van der Waals surface area contributed by atoms with E-state index in [9.17, 15) is 9.90 Å². The highest BCUT2D eigenvalue weighted by atomic mass is 16.5. The molecule has 0 fully saturated rings. The van der Waals surface area contributed by atoms with Gasteiger partial charge in [0, 0.05) is 18.0 Å². The number of aliphatic carboxylic acids is 1. The third-order valence-corrected chi connectivity index (χ3v) is 3.23. The van der Waals surface area contributed by atoms with Crippen molar-refractivity contribution in [1.82, 2.24) is 0 Å². The second-order valence-electron chi connectivity index (χ2n) is 4.82. The van der Waals surface area contributed by atoms with Crippen molar-refractivity contribution < 1.29 is 14.6 Å². The van der Waals surface area contributed by atoms with Crippen molar-refractivity contribution in [2.24, 2.45) is 0 Å². The number of carbonyl (C=O) groups is 1. The minimum Gasteiger partial charge on any atom is -0.550 e. The molecule has 3 heteroatoms. The van der Waals surface area contributed by atoms with Crippen LogP contribution in [0.1, 0.15) is 38.3 Å². The highest BCUT2D eigenvalue weighted by molar-refractivity contribution is 5.68. The summed E-state index contributed by atoms with van der Waals surface area (Å²) in [5.41, 5.74) is 1.76. The summed E-state index contributed by atoms with van der Waals surface area (Å²) in [6.45, 7) is 6.34. The number of carboxylic acids is 1. The zero-order valence-electron chi connectivity index (χ0n) is 10.9. The maximum absolute atomic E-state index is 10.6. The van der Waals surface area contributed by atoms with Gasteiger partial charge in [0.1, 0.15) is 5.75 Å². The predicted molar refractivity (Wildman–Crippen MR) is 65.0 cm³/mol. The summed E-state index contributed by atoms with van der Waals surface area (Å²) in [4.78, 5) is 10.6. The number of methoxy groups -OCH3 is 1. The number of hydrogen-bond donors (Lipinski definition) is 0. The van der Waals surface area contributed by atoms with Crippen molar-refractivity contribution in [3.63, 3.8) is 0 Å². The van der Waals surface area contributed by atoms with Crippen molar-refractivity contribution in [3.05, 3.63) is 29.3 Å². The molecule has 0 radical (unpaired) electrons. The van der Waals surface area contributed by atoms with Crippen LogP contribution in [0.25, 0.3) is 0 Å². The summed E-state index contributed by atoms with van der Waals surface area (Å²) in [5.74, 6) is -0.255. The molecule has 0 spiro atoms. The number of carboxylic acid groups (broad SMARTS) is 1. The first-order valence-corrected chi connectivity index (χ1v) is 5.78. The van der Waals surface area contributed by atoms with E-state index in [0.29, 0.717) is 0 Å². The summed E-state index contributed by atoms with van der Waals surface area (Å²) in [7, 11) is 1.63. The number of ether oxygens (including phenoxy) is 1. The van der Waals surface area contributed by atoms with E-state index in [1.807, 2.05) is 12.1 Å². The van der Waals surface area contributed by atoms with Gasteiger partial charge < -0.3 is 14.6 Å². The van der Waals surface area contributed by atoms with Crippen LogP contribution in [0.2, 0.25) is 0 Å². The second-order valence-corrected chi connectivity index (χ2v) is 4.82. The third kappa shape index (κ3) is 3.22. The maximum Gasteiger partial charge on any atom is 0.122 e. The van der Waals surface area contributed by atoms with Gasteiger partial charge in [0.2, 0.25) is 0 Å². The second kappa shape index (κ2) is 5.21. The van der Waals surface area contributed by atoms with Gasteiger partial charge in [-0.15, -0.1) is 0 Å². The molecule has 1 aromatic carbocycles. The van der Waals surface area contributed by atoms with Crippen LogP contribution in [0.15, 0.2) is 18.2 Å². The Hall–Kier alpha value is -1.51. The van der Waals surface area contributed by atoms with Crippen LogP contribution in [0.4, 0.5) is 0 Å². The number of hydrogen-bond acceptors (Lipinski definition) is 3. The summed E-state index contributed by atoms with van der Waals surface area (Å²) in [6.07, 6.45) is 0.898. The molecular formula is C14H19O3-. The molecule has 0 heterocycles. The van der Waals surface area contributed by atoms with E-state index in [1.54, 1.807) is 13.2 Å². The fourth-order valence-electron chi connectivity index (χ4n) is 1.75. The van der Waals surface area contributed by atoms with Gasteiger partial charge in [0.05, 0.1) is 7.11 Å². The van der Waals surface area contributed by atoms with Crippen LogP contribution in [0, 0.1) is 0 Å². The lowest BCUT2D eigenvalue weighted by Crippen LogP contribution is -2.25. The minimum atomic E-state index is -1.06. The smallest absolute Gasteiger partial charge is 0.122 e. The Morgan fingerprint density at radius 2 is 2.06 bits per heavy atom. The van der Waals surface area contributed by atoms with Crippen LogP contribution in [0.3, 0.4) is 0 Å². The Labute approximate surface area is 102 Å². The van der Waals surface area contributed by atoms with Crippen molar-refractivity contribution in [2.45, 2.75) is 39.0 Å². The number of carbonyl (C=O) groups excluding carboxylic acids is 1. The third-order valence-electron chi connectivity index (χ3n) is 3.23. The molecule has 0 saturated carbocycles. The molecule has 1 rings (SSSR count). The SMILES string of the molecule is CCC(C)(C)c1cc(CC(=O)[O-])ccc1OC. The quantitative estimate of drug-likeness (QED) is 0.780. The largest absolute Gasteiger partial charge is 0.550 e. The first kappa shape index (κ1) is 13.6. The Balaban J connectivity index is 3.19. The lowest BCUT2D eigenvalue weighted by Gasteiger charge is -2.26. The lowest BCUT2D eigenvalue weighted by atomic mass is 9.81. The van der Waals surface area contributed by atoms with E-state index in [1.165, 1.54) is 0 Å². The standard InChI is InChI=1S/C14H20O3/c1-5-14(2,3)11-8-10(9-13(15)16)6-7-12(11)17-4/h6-8H,5,9H2,1-4H3,(H,15,16)/p-1. The van der Waals surface area contributed by atoms with Crippen molar-refractivity contribution in [3.8, 4) is 5.75 Å². The van der Waals surface area contributed by atoms with Gasteiger partial charge in [-0.1, -0.05) is 32.9 Å². The molecule has 0 aliphatic carbocycles. The molecule has 3 nitrogen and oxygen atoms in total. The molecule has 0 N–H and O–H groups in total. The van der Waals surface area contributed by atoms with Gasteiger partial charge in [-0.25, -0.2) is 0 Å². The highest BCUT2D eigenvalue weighted by Gasteiger charge is 2.22. The normalized spacial score (nSPS) is 11.3. The van der Waals surface area contributed by atoms with Gasteiger partial charge in [-0.05, 0) is 23.5 Å². The predicted octanol–water partition coefficient (Wildman–Crippen LogP) is 1.68. The summed E-state index contributed by atoms with van der Waals surface area (Å²) >= 11 is 0. The van der Waals surface area contributed by atoms with E-state index >= 15 is 0 Å². The molecule has 17 heavy (non-hydrogen) atoms. The molecule has 0 saturated heterocycles. The molecule has 0 atom stereocenters. The van der Waals surface area contributed by atoms with E-state index in [2.05, 4.69) is 20.8 Å². The van der Waals surface area contributed by atoms with Crippen LogP contribution >= 0.6 is 0 Å². The average Bonchev–Trinajstić information content (AvgIpc) is 2.28. The molecule has 0 aromatic heterocycles. The summed E-state index contributed by atoms with van der Waals surface area (Å²) in [5, 5.41) is 10.6. The van der Waals surface area contributed by atoms with Crippen LogP contribution < -0.4 is 9.84 Å². The van der Waals surface area contributed by atoms with Crippen molar-refractivity contribution in [1.29, 1.82) is 0 Å².